The normalized spacial score (nSPS) is 25.6. The van der Waals surface area contributed by atoms with Gasteiger partial charge in [-0.25, -0.2) is 0 Å². The smallest absolute Gasteiger partial charge is 0.236 e. The second kappa shape index (κ2) is 6.55. The molecule has 5 heteroatoms. The molecule has 0 spiro atoms. The van der Waals surface area contributed by atoms with E-state index in [-0.39, 0.29) is 11.8 Å². The second-order valence-corrected chi connectivity index (χ2v) is 7.30. The lowest BCUT2D eigenvalue weighted by Crippen LogP contribution is -2.51. The molecule has 1 atom stereocenters. The first kappa shape index (κ1) is 17.0. The standard InChI is InChI=1S/C19H27N3O2/c1-4-19(3)13-17(23)22(18(19)24)14-20-8-10-21(11-9-20)16-7-5-6-15(2)12-16/h5-7,12H,4,8-11,13-14H2,1-3H3. The summed E-state index contributed by atoms with van der Waals surface area (Å²) >= 11 is 0. The highest BCUT2D eigenvalue weighted by molar-refractivity contribution is 6.05. The summed E-state index contributed by atoms with van der Waals surface area (Å²) in [5.41, 5.74) is 2.02. The monoisotopic (exact) mass is 329 g/mol. The molecule has 2 aliphatic rings. The Balaban J connectivity index is 1.58. The van der Waals surface area contributed by atoms with Crippen LogP contribution in [0.1, 0.15) is 32.3 Å². The maximum atomic E-state index is 12.5. The number of hydrogen-bond acceptors (Lipinski definition) is 4. The first-order valence-corrected chi connectivity index (χ1v) is 8.82. The summed E-state index contributed by atoms with van der Waals surface area (Å²) in [7, 11) is 0. The van der Waals surface area contributed by atoms with Gasteiger partial charge >= 0.3 is 0 Å². The van der Waals surface area contributed by atoms with E-state index in [4.69, 9.17) is 0 Å². The third-order valence-corrected chi connectivity index (χ3v) is 5.46. The quantitative estimate of drug-likeness (QED) is 0.795. The molecule has 0 aromatic heterocycles. The molecule has 0 aliphatic carbocycles. The molecule has 0 bridgehead atoms. The van der Waals surface area contributed by atoms with E-state index < -0.39 is 5.41 Å². The van der Waals surface area contributed by atoms with Crippen molar-refractivity contribution in [1.29, 1.82) is 0 Å². The average Bonchev–Trinajstić information content (AvgIpc) is 2.79. The highest BCUT2D eigenvalue weighted by atomic mass is 16.2. The number of nitrogens with zero attached hydrogens (tertiary/aromatic N) is 3. The summed E-state index contributed by atoms with van der Waals surface area (Å²) in [5, 5.41) is 0. The van der Waals surface area contributed by atoms with Crippen LogP contribution in [0.4, 0.5) is 5.69 Å². The summed E-state index contributed by atoms with van der Waals surface area (Å²) < 4.78 is 0. The number of imide groups is 1. The maximum absolute atomic E-state index is 12.5. The zero-order chi connectivity index (χ0) is 17.3. The van der Waals surface area contributed by atoms with Gasteiger partial charge in [0.25, 0.3) is 0 Å². The SMILES string of the molecule is CCC1(C)CC(=O)N(CN2CCN(c3cccc(C)c3)CC2)C1=O. The average molecular weight is 329 g/mol. The largest absolute Gasteiger partial charge is 0.369 e. The van der Waals surface area contributed by atoms with Crippen molar-refractivity contribution in [3.05, 3.63) is 29.8 Å². The number of hydrogen-bond donors (Lipinski definition) is 0. The van der Waals surface area contributed by atoms with Crippen LogP contribution in [0.25, 0.3) is 0 Å². The zero-order valence-corrected chi connectivity index (χ0v) is 14.9. The summed E-state index contributed by atoms with van der Waals surface area (Å²) in [5.74, 6) is -0.0263. The Morgan fingerprint density at radius 1 is 1.12 bits per heavy atom. The van der Waals surface area contributed by atoms with E-state index in [1.807, 2.05) is 13.8 Å². The predicted molar refractivity (Wildman–Crippen MR) is 94.7 cm³/mol. The summed E-state index contributed by atoms with van der Waals surface area (Å²) in [6, 6.07) is 8.54. The summed E-state index contributed by atoms with van der Waals surface area (Å²) in [6.45, 7) is 10.0. The zero-order valence-electron chi connectivity index (χ0n) is 14.9. The number of amides is 2. The fourth-order valence-corrected chi connectivity index (χ4v) is 3.54. The number of likely N-dealkylation sites (tertiary alicyclic amines) is 1. The van der Waals surface area contributed by atoms with Crippen molar-refractivity contribution in [3.8, 4) is 0 Å². The highest BCUT2D eigenvalue weighted by Gasteiger charge is 2.47. The van der Waals surface area contributed by atoms with Gasteiger partial charge in [0, 0.05) is 38.3 Å². The Hall–Kier alpha value is -1.88. The number of benzene rings is 1. The first-order chi connectivity index (χ1) is 11.4. The Morgan fingerprint density at radius 3 is 2.42 bits per heavy atom. The molecule has 2 saturated heterocycles. The molecule has 0 radical (unpaired) electrons. The lowest BCUT2D eigenvalue weighted by atomic mass is 9.86. The molecule has 0 N–H and O–H groups in total. The molecule has 5 nitrogen and oxygen atoms in total. The van der Waals surface area contributed by atoms with Gasteiger partial charge in [0.05, 0.1) is 12.1 Å². The second-order valence-electron chi connectivity index (χ2n) is 7.30. The number of anilines is 1. The third kappa shape index (κ3) is 3.18. The topological polar surface area (TPSA) is 43.9 Å². The van der Waals surface area contributed by atoms with E-state index in [0.717, 1.165) is 32.6 Å². The molecular formula is C19H27N3O2. The molecule has 1 unspecified atom stereocenters. The number of carbonyl (C=O) groups is 2. The lowest BCUT2D eigenvalue weighted by molar-refractivity contribution is -0.143. The van der Waals surface area contributed by atoms with Crippen LogP contribution in [-0.4, -0.2) is 54.5 Å². The van der Waals surface area contributed by atoms with Gasteiger partial charge in [-0.3, -0.25) is 19.4 Å². The van der Waals surface area contributed by atoms with Crippen molar-refractivity contribution < 1.29 is 9.59 Å². The Kier molecular flexibility index (Phi) is 4.63. The summed E-state index contributed by atoms with van der Waals surface area (Å²) in [6.07, 6.45) is 1.07. The van der Waals surface area contributed by atoms with Crippen molar-refractivity contribution in [3.63, 3.8) is 0 Å². The number of aryl methyl sites for hydroxylation is 1. The van der Waals surface area contributed by atoms with Crippen molar-refractivity contribution in [1.82, 2.24) is 9.80 Å². The van der Waals surface area contributed by atoms with Crippen LogP contribution in [0.15, 0.2) is 24.3 Å². The number of rotatable bonds is 4. The van der Waals surface area contributed by atoms with Crippen LogP contribution in [0.5, 0.6) is 0 Å². The van der Waals surface area contributed by atoms with Crippen molar-refractivity contribution >= 4 is 17.5 Å². The van der Waals surface area contributed by atoms with Gasteiger partial charge < -0.3 is 4.90 Å². The number of carbonyl (C=O) groups excluding carboxylic acids is 2. The molecule has 1 aromatic carbocycles. The molecule has 2 aliphatic heterocycles. The van der Waals surface area contributed by atoms with Crippen LogP contribution >= 0.6 is 0 Å². The van der Waals surface area contributed by atoms with E-state index in [1.165, 1.54) is 16.2 Å². The fraction of sp³-hybridized carbons (Fsp3) is 0.579. The number of piperazine rings is 1. The van der Waals surface area contributed by atoms with E-state index in [1.54, 1.807) is 0 Å². The van der Waals surface area contributed by atoms with E-state index >= 15 is 0 Å². The molecule has 130 valence electrons. The minimum atomic E-state index is -0.500. The third-order valence-electron chi connectivity index (χ3n) is 5.46. The van der Waals surface area contributed by atoms with Crippen molar-refractivity contribution in [2.45, 2.75) is 33.6 Å². The minimum absolute atomic E-state index is 0.00360. The highest BCUT2D eigenvalue weighted by Crippen LogP contribution is 2.35. The maximum Gasteiger partial charge on any atom is 0.236 e. The molecule has 24 heavy (non-hydrogen) atoms. The molecule has 3 rings (SSSR count). The van der Waals surface area contributed by atoms with Crippen LogP contribution in [0.3, 0.4) is 0 Å². The van der Waals surface area contributed by atoms with Gasteiger partial charge in [-0.1, -0.05) is 26.0 Å². The van der Waals surface area contributed by atoms with Gasteiger partial charge in [0.1, 0.15) is 0 Å². The van der Waals surface area contributed by atoms with Crippen LogP contribution in [-0.2, 0) is 9.59 Å². The molecule has 1 aromatic rings. The summed E-state index contributed by atoms with van der Waals surface area (Å²) in [4.78, 5) is 30.8. The van der Waals surface area contributed by atoms with E-state index in [0.29, 0.717) is 13.1 Å². The fourth-order valence-electron chi connectivity index (χ4n) is 3.54. The Bertz CT molecular complexity index is 637. The molecule has 0 saturated carbocycles. The first-order valence-electron chi connectivity index (χ1n) is 8.82. The molecular weight excluding hydrogens is 302 g/mol. The molecule has 2 heterocycles. The van der Waals surface area contributed by atoms with Crippen LogP contribution < -0.4 is 4.90 Å². The minimum Gasteiger partial charge on any atom is -0.369 e. The lowest BCUT2D eigenvalue weighted by Gasteiger charge is -2.37. The van der Waals surface area contributed by atoms with Gasteiger partial charge in [-0.05, 0) is 31.0 Å². The Morgan fingerprint density at radius 2 is 1.83 bits per heavy atom. The van der Waals surface area contributed by atoms with Gasteiger partial charge in [0.15, 0.2) is 0 Å². The van der Waals surface area contributed by atoms with Gasteiger partial charge in [0.2, 0.25) is 11.8 Å². The van der Waals surface area contributed by atoms with Crippen LogP contribution in [0.2, 0.25) is 0 Å². The molecule has 2 fully saturated rings. The van der Waals surface area contributed by atoms with Crippen molar-refractivity contribution in [2.24, 2.45) is 5.41 Å². The van der Waals surface area contributed by atoms with Gasteiger partial charge in [-0.2, -0.15) is 0 Å². The van der Waals surface area contributed by atoms with E-state index in [9.17, 15) is 9.59 Å². The van der Waals surface area contributed by atoms with E-state index in [2.05, 4.69) is 41.0 Å². The van der Waals surface area contributed by atoms with Crippen LogP contribution in [0, 0.1) is 12.3 Å². The predicted octanol–water partition coefficient (Wildman–Crippen LogP) is 2.25. The van der Waals surface area contributed by atoms with Gasteiger partial charge in [-0.15, -0.1) is 0 Å². The Labute approximate surface area is 144 Å². The molecule has 2 amide bonds. The van der Waals surface area contributed by atoms with Crippen molar-refractivity contribution in [2.75, 3.05) is 37.7 Å².